The molecule has 114 valence electrons. The number of rotatable bonds is 5. The summed E-state index contributed by atoms with van der Waals surface area (Å²) in [7, 11) is 0. The van der Waals surface area contributed by atoms with Crippen molar-refractivity contribution < 1.29 is 14.7 Å². The Morgan fingerprint density at radius 1 is 0.850 bits per heavy atom. The summed E-state index contributed by atoms with van der Waals surface area (Å²) >= 11 is 0. The van der Waals surface area contributed by atoms with Crippen molar-refractivity contribution in [2.45, 2.75) is 51.4 Å². The zero-order chi connectivity index (χ0) is 14.4. The van der Waals surface area contributed by atoms with Crippen molar-refractivity contribution in [2.75, 3.05) is 13.1 Å². The van der Waals surface area contributed by atoms with Gasteiger partial charge in [0.15, 0.2) is 0 Å². The second kappa shape index (κ2) is 7.50. The van der Waals surface area contributed by atoms with Gasteiger partial charge in [0.2, 0.25) is 0 Å². The predicted molar refractivity (Wildman–Crippen MR) is 76.4 cm³/mol. The number of carbonyl (C=O) groups excluding carboxylic acids is 1. The highest BCUT2D eigenvalue weighted by atomic mass is 16.4. The first-order valence-electron chi connectivity index (χ1n) is 7.89. The van der Waals surface area contributed by atoms with Crippen LogP contribution in [0.1, 0.15) is 51.4 Å². The molecule has 0 atom stereocenters. The van der Waals surface area contributed by atoms with E-state index in [0.29, 0.717) is 18.4 Å². The summed E-state index contributed by atoms with van der Waals surface area (Å²) in [5.74, 6) is 0.239. The molecule has 0 radical (unpaired) electrons. The van der Waals surface area contributed by atoms with Crippen molar-refractivity contribution in [3.63, 3.8) is 0 Å². The van der Waals surface area contributed by atoms with E-state index in [1.807, 2.05) is 0 Å². The van der Waals surface area contributed by atoms with Gasteiger partial charge in [-0.2, -0.15) is 0 Å². The fourth-order valence-electron chi connectivity index (χ4n) is 3.36. The fraction of sp³-hybridized carbons (Fsp3) is 0.867. The Hall–Kier alpha value is -1.26. The minimum atomic E-state index is -0.675. The third-order valence-electron chi connectivity index (χ3n) is 4.77. The third-order valence-corrected chi connectivity index (χ3v) is 4.77. The van der Waals surface area contributed by atoms with Crippen LogP contribution in [0.2, 0.25) is 0 Å². The highest BCUT2D eigenvalue weighted by Gasteiger charge is 2.26. The monoisotopic (exact) mass is 282 g/mol. The molecule has 0 saturated heterocycles. The summed E-state index contributed by atoms with van der Waals surface area (Å²) in [6.07, 6.45) is 8.34. The van der Waals surface area contributed by atoms with Crippen molar-refractivity contribution >= 4 is 12.0 Å². The van der Waals surface area contributed by atoms with Crippen LogP contribution in [0.3, 0.4) is 0 Å². The Morgan fingerprint density at radius 2 is 1.35 bits per heavy atom. The van der Waals surface area contributed by atoms with E-state index < -0.39 is 5.97 Å². The number of carbonyl (C=O) groups is 2. The summed E-state index contributed by atoms with van der Waals surface area (Å²) in [5, 5.41) is 14.8. The Labute approximate surface area is 120 Å². The third kappa shape index (κ3) is 4.69. The van der Waals surface area contributed by atoms with Gasteiger partial charge in [0.1, 0.15) is 0 Å². The quantitative estimate of drug-likeness (QED) is 0.724. The van der Waals surface area contributed by atoms with Gasteiger partial charge in [-0.05, 0) is 50.4 Å². The zero-order valence-corrected chi connectivity index (χ0v) is 12.1. The molecule has 0 aliphatic heterocycles. The fourth-order valence-corrected chi connectivity index (χ4v) is 3.36. The highest BCUT2D eigenvalue weighted by molar-refractivity contribution is 5.73. The standard InChI is InChI=1S/C15H26N2O3/c18-14(19)13-7-5-12(6-8-13)10-17-15(20)16-9-11-3-1-2-4-11/h11-13H,1-10H2,(H,18,19)(H2,16,17,20). The summed E-state index contributed by atoms with van der Waals surface area (Å²) in [4.78, 5) is 22.6. The molecule has 0 unspecified atom stereocenters. The van der Waals surface area contributed by atoms with Crippen molar-refractivity contribution in [3.05, 3.63) is 0 Å². The molecule has 3 N–H and O–H groups in total. The predicted octanol–water partition coefficient (Wildman–Crippen LogP) is 2.37. The molecule has 5 nitrogen and oxygen atoms in total. The number of urea groups is 1. The maximum Gasteiger partial charge on any atom is 0.314 e. The molecule has 0 aromatic rings. The molecule has 2 aliphatic rings. The lowest BCUT2D eigenvalue weighted by Crippen LogP contribution is -2.40. The summed E-state index contributed by atoms with van der Waals surface area (Å²) < 4.78 is 0. The SMILES string of the molecule is O=C(NCC1CCCC1)NCC1CCC(C(=O)O)CC1. The van der Waals surface area contributed by atoms with E-state index in [1.54, 1.807) is 0 Å². The lowest BCUT2D eigenvalue weighted by atomic mass is 9.82. The second-order valence-electron chi connectivity index (χ2n) is 6.30. The number of carboxylic acids is 1. The molecule has 2 amide bonds. The van der Waals surface area contributed by atoms with E-state index in [9.17, 15) is 9.59 Å². The van der Waals surface area contributed by atoms with Gasteiger partial charge >= 0.3 is 12.0 Å². The number of aliphatic carboxylic acids is 1. The average molecular weight is 282 g/mol. The summed E-state index contributed by atoms with van der Waals surface area (Å²) in [6, 6.07) is -0.0720. The first kappa shape index (κ1) is 15.1. The van der Waals surface area contributed by atoms with E-state index in [2.05, 4.69) is 10.6 Å². The molecule has 0 heterocycles. The molecule has 0 aromatic carbocycles. The van der Waals surface area contributed by atoms with Crippen LogP contribution in [0, 0.1) is 17.8 Å². The van der Waals surface area contributed by atoms with Gasteiger partial charge in [0.25, 0.3) is 0 Å². The number of carboxylic acid groups (broad SMARTS) is 1. The van der Waals surface area contributed by atoms with Gasteiger partial charge in [-0.15, -0.1) is 0 Å². The van der Waals surface area contributed by atoms with Gasteiger partial charge in [0, 0.05) is 13.1 Å². The maximum absolute atomic E-state index is 11.7. The van der Waals surface area contributed by atoms with E-state index in [-0.39, 0.29) is 11.9 Å². The number of nitrogens with one attached hydrogen (secondary N) is 2. The normalized spacial score (nSPS) is 27.2. The molecule has 0 aromatic heterocycles. The van der Waals surface area contributed by atoms with Crippen LogP contribution < -0.4 is 10.6 Å². The molecule has 2 saturated carbocycles. The van der Waals surface area contributed by atoms with Crippen molar-refractivity contribution in [3.8, 4) is 0 Å². The first-order chi connectivity index (χ1) is 9.65. The van der Waals surface area contributed by atoms with Crippen LogP contribution in [0.25, 0.3) is 0 Å². The Balaban J connectivity index is 1.56. The summed E-state index contributed by atoms with van der Waals surface area (Å²) in [6.45, 7) is 1.46. The van der Waals surface area contributed by atoms with Crippen molar-refractivity contribution in [1.82, 2.24) is 10.6 Å². The van der Waals surface area contributed by atoms with Gasteiger partial charge in [-0.1, -0.05) is 12.8 Å². The van der Waals surface area contributed by atoms with Crippen LogP contribution in [0.5, 0.6) is 0 Å². The largest absolute Gasteiger partial charge is 0.481 e. The van der Waals surface area contributed by atoms with Crippen molar-refractivity contribution in [2.24, 2.45) is 17.8 Å². The van der Waals surface area contributed by atoms with Crippen LogP contribution in [0.15, 0.2) is 0 Å². The molecular weight excluding hydrogens is 256 g/mol. The molecule has 20 heavy (non-hydrogen) atoms. The van der Waals surface area contributed by atoms with Crippen LogP contribution in [-0.4, -0.2) is 30.2 Å². The molecule has 2 aliphatic carbocycles. The molecule has 0 spiro atoms. The topological polar surface area (TPSA) is 78.4 Å². The number of hydrogen-bond acceptors (Lipinski definition) is 2. The minimum Gasteiger partial charge on any atom is -0.481 e. The Kier molecular flexibility index (Phi) is 5.68. The summed E-state index contributed by atoms with van der Waals surface area (Å²) in [5.41, 5.74) is 0. The minimum absolute atomic E-state index is 0.0720. The lowest BCUT2D eigenvalue weighted by molar-refractivity contribution is -0.143. The molecule has 2 rings (SSSR count). The van der Waals surface area contributed by atoms with Gasteiger partial charge < -0.3 is 15.7 Å². The zero-order valence-electron chi connectivity index (χ0n) is 12.1. The molecule has 0 bridgehead atoms. The number of amides is 2. The van der Waals surface area contributed by atoms with E-state index in [4.69, 9.17) is 5.11 Å². The smallest absolute Gasteiger partial charge is 0.314 e. The van der Waals surface area contributed by atoms with E-state index >= 15 is 0 Å². The first-order valence-corrected chi connectivity index (χ1v) is 7.89. The van der Waals surface area contributed by atoms with Gasteiger partial charge in [-0.3, -0.25) is 4.79 Å². The molecule has 2 fully saturated rings. The number of hydrogen-bond donors (Lipinski definition) is 3. The second-order valence-corrected chi connectivity index (χ2v) is 6.30. The van der Waals surface area contributed by atoms with Crippen molar-refractivity contribution in [1.29, 1.82) is 0 Å². The maximum atomic E-state index is 11.7. The molecule has 5 heteroatoms. The van der Waals surface area contributed by atoms with E-state index in [1.165, 1.54) is 25.7 Å². The Bertz CT molecular complexity index is 332. The Morgan fingerprint density at radius 3 is 1.85 bits per heavy atom. The lowest BCUT2D eigenvalue weighted by Gasteiger charge is -2.26. The molecular formula is C15H26N2O3. The van der Waals surface area contributed by atoms with Crippen LogP contribution in [0.4, 0.5) is 4.79 Å². The van der Waals surface area contributed by atoms with E-state index in [0.717, 1.165) is 32.2 Å². The van der Waals surface area contributed by atoms with Crippen LogP contribution in [-0.2, 0) is 4.79 Å². The highest BCUT2D eigenvalue weighted by Crippen LogP contribution is 2.28. The van der Waals surface area contributed by atoms with Crippen LogP contribution >= 0.6 is 0 Å². The van der Waals surface area contributed by atoms with Gasteiger partial charge in [-0.25, -0.2) is 4.79 Å². The average Bonchev–Trinajstić information content (AvgIpc) is 2.96. The van der Waals surface area contributed by atoms with Gasteiger partial charge in [0.05, 0.1) is 5.92 Å².